The molecule has 2 rings (SSSR count). The molecule has 2 fully saturated rings. The van der Waals surface area contributed by atoms with Crippen molar-refractivity contribution in [2.24, 2.45) is 11.8 Å². The number of hydrogen-bond acceptors (Lipinski definition) is 3. The van der Waals surface area contributed by atoms with Crippen molar-refractivity contribution in [1.29, 1.82) is 0 Å². The fraction of sp³-hybridized carbons (Fsp3) is 0.955. The molecule has 1 amide bonds. The Bertz CT molecular complexity index is 419. The topological polar surface area (TPSA) is 41.6 Å². The van der Waals surface area contributed by atoms with E-state index in [-0.39, 0.29) is 12.1 Å². The summed E-state index contributed by atoms with van der Waals surface area (Å²) in [7, 11) is 0. The van der Waals surface area contributed by atoms with Crippen molar-refractivity contribution in [1.82, 2.24) is 10.2 Å². The van der Waals surface area contributed by atoms with Crippen LogP contribution in [0.3, 0.4) is 0 Å². The molecule has 1 saturated heterocycles. The van der Waals surface area contributed by atoms with Crippen molar-refractivity contribution in [3.8, 4) is 0 Å². The summed E-state index contributed by atoms with van der Waals surface area (Å²) in [4.78, 5) is 14.9. The quantitative estimate of drug-likeness (QED) is 0.617. The van der Waals surface area contributed by atoms with Crippen LogP contribution in [0.25, 0.3) is 0 Å². The standard InChI is InChI=1S/C22H42N2O2/c1-5-6-7-11-18-12-10-15-24(16-18)17-19-13-8-9-14-20(19)23-21(25)26-22(2,3)4/h18-20H,5-17H2,1-4H3,(H,23,25)/t18-,19-,20+/m0/s1. The molecule has 0 spiro atoms. The van der Waals surface area contributed by atoms with Crippen LogP contribution in [0.5, 0.6) is 0 Å². The van der Waals surface area contributed by atoms with Crippen molar-refractivity contribution in [3.05, 3.63) is 0 Å². The predicted octanol–water partition coefficient (Wildman–Crippen LogP) is 5.36. The Balaban J connectivity index is 1.82. The predicted molar refractivity (Wildman–Crippen MR) is 108 cm³/mol. The molecule has 4 heteroatoms. The summed E-state index contributed by atoms with van der Waals surface area (Å²) >= 11 is 0. The van der Waals surface area contributed by atoms with Crippen LogP contribution in [0.4, 0.5) is 4.79 Å². The number of alkyl carbamates (subject to hydrolysis) is 1. The lowest BCUT2D eigenvalue weighted by molar-refractivity contribution is 0.0443. The molecule has 0 bridgehead atoms. The van der Waals surface area contributed by atoms with E-state index in [2.05, 4.69) is 17.1 Å². The van der Waals surface area contributed by atoms with E-state index in [0.717, 1.165) is 18.9 Å². The Kier molecular flexibility index (Phi) is 8.72. The Labute approximate surface area is 161 Å². The van der Waals surface area contributed by atoms with Gasteiger partial charge in [-0.25, -0.2) is 4.79 Å². The van der Waals surface area contributed by atoms with Gasteiger partial charge in [-0.05, 0) is 71.3 Å². The molecule has 1 N–H and O–H groups in total. The largest absolute Gasteiger partial charge is 0.444 e. The van der Waals surface area contributed by atoms with Gasteiger partial charge in [-0.15, -0.1) is 0 Å². The minimum atomic E-state index is -0.424. The number of nitrogens with one attached hydrogen (secondary N) is 1. The minimum absolute atomic E-state index is 0.245. The van der Waals surface area contributed by atoms with E-state index in [1.165, 1.54) is 70.9 Å². The van der Waals surface area contributed by atoms with Gasteiger partial charge in [0.25, 0.3) is 0 Å². The molecule has 0 unspecified atom stereocenters. The summed E-state index contributed by atoms with van der Waals surface area (Å²) in [6.45, 7) is 11.7. The minimum Gasteiger partial charge on any atom is -0.444 e. The van der Waals surface area contributed by atoms with E-state index in [4.69, 9.17) is 4.74 Å². The highest BCUT2D eigenvalue weighted by Crippen LogP contribution is 2.28. The molecule has 26 heavy (non-hydrogen) atoms. The van der Waals surface area contributed by atoms with Crippen LogP contribution < -0.4 is 5.32 Å². The number of amides is 1. The third kappa shape index (κ3) is 7.85. The number of nitrogens with zero attached hydrogens (tertiary/aromatic N) is 1. The Hall–Kier alpha value is -0.770. The van der Waals surface area contributed by atoms with Gasteiger partial charge >= 0.3 is 6.09 Å². The van der Waals surface area contributed by atoms with E-state index in [1.54, 1.807) is 0 Å². The summed E-state index contributed by atoms with van der Waals surface area (Å²) in [5.74, 6) is 1.46. The zero-order valence-corrected chi connectivity index (χ0v) is 17.7. The summed E-state index contributed by atoms with van der Waals surface area (Å²) in [6.07, 6.45) is 12.8. The lowest BCUT2D eigenvalue weighted by atomic mass is 9.83. The number of ether oxygens (including phenoxy) is 1. The zero-order chi connectivity index (χ0) is 19.0. The first-order valence-electron chi connectivity index (χ1n) is 11.1. The van der Waals surface area contributed by atoms with Crippen molar-refractivity contribution in [2.45, 2.75) is 104 Å². The summed E-state index contributed by atoms with van der Waals surface area (Å²) in [5.41, 5.74) is -0.424. The van der Waals surface area contributed by atoms with E-state index >= 15 is 0 Å². The molecule has 1 heterocycles. The molecule has 3 atom stereocenters. The number of likely N-dealkylation sites (tertiary alicyclic amines) is 1. The monoisotopic (exact) mass is 366 g/mol. The second kappa shape index (κ2) is 10.5. The number of hydrogen-bond donors (Lipinski definition) is 1. The first-order chi connectivity index (χ1) is 12.4. The van der Waals surface area contributed by atoms with Gasteiger partial charge < -0.3 is 15.0 Å². The number of carbonyl (C=O) groups excluding carboxylic acids is 1. The van der Waals surface area contributed by atoms with Gasteiger partial charge in [0.1, 0.15) is 5.60 Å². The molecule has 1 saturated carbocycles. The summed E-state index contributed by atoms with van der Waals surface area (Å²) < 4.78 is 5.49. The van der Waals surface area contributed by atoms with Crippen LogP contribution in [0.2, 0.25) is 0 Å². The number of piperidine rings is 1. The maximum absolute atomic E-state index is 12.2. The van der Waals surface area contributed by atoms with Crippen molar-refractivity contribution >= 4 is 6.09 Å². The number of rotatable bonds is 7. The van der Waals surface area contributed by atoms with Gasteiger partial charge in [0.2, 0.25) is 0 Å². The molecule has 152 valence electrons. The van der Waals surface area contributed by atoms with Crippen LogP contribution in [0.1, 0.15) is 91.9 Å². The number of unbranched alkanes of at least 4 members (excludes halogenated alkanes) is 2. The normalized spacial score (nSPS) is 27.9. The van der Waals surface area contributed by atoms with Crippen molar-refractivity contribution in [3.63, 3.8) is 0 Å². The fourth-order valence-corrected chi connectivity index (χ4v) is 4.64. The molecule has 0 aromatic carbocycles. The highest BCUT2D eigenvalue weighted by Gasteiger charge is 2.31. The van der Waals surface area contributed by atoms with Gasteiger partial charge in [-0.1, -0.05) is 39.0 Å². The molecular formula is C22H42N2O2. The maximum Gasteiger partial charge on any atom is 0.407 e. The highest BCUT2D eigenvalue weighted by molar-refractivity contribution is 5.68. The van der Waals surface area contributed by atoms with E-state index < -0.39 is 5.60 Å². The second-order valence-corrected chi connectivity index (χ2v) is 9.56. The van der Waals surface area contributed by atoms with Crippen molar-refractivity contribution in [2.75, 3.05) is 19.6 Å². The van der Waals surface area contributed by atoms with E-state index in [1.807, 2.05) is 20.8 Å². The molecular weight excluding hydrogens is 324 g/mol. The van der Waals surface area contributed by atoms with Crippen LogP contribution >= 0.6 is 0 Å². The van der Waals surface area contributed by atoms with Gasteiger partial charge in [-0.2, -0.15) is 0 Å². The SMILES string of the molecule is CCCCC[C@H]1CCCN(C[C@@H]2CCCC[C@H]2NC(=O)OC(C)(C)C)C1. The lowest BCUT2D eigenvalue weighted by Crippen LogP contribution is -2.49. The molecule has 4 nitrogen and oxygen atoms in total. The average Bonchev–Trinajstić information content (AvgIpc) is 2.56. The van der Waals surface area contributed by atoms with Crippen LogP contribution in [0.15, 0.2) is 0 Å². The maximum atomic E-state index is 12.2. The van der Waals surface area contributed by atoms with Crippen LogP contribution in [0, 0.1) is 11.8 Å². The van der Waals surface area contributed by atoms with E-state index in [0.29, 0.717) is 5.92 Å². The molecule has 1 aliphatic heterocycles. The first-order valence-corrected chi connectivity index (χ1v) is 11.1. The Morgan fingerprint density at radius 1 is 1.12 bits per heavy atom. The first kappa shape index (κ1) is 21.5. The van der Waals surface area contributed by atoms with Gasteiger partial charge in [0.15, 0.2) is 0 Å². The second-order valence-electron chi connectivity index (χ2n) is 9.56. The fourth-order valence-electron chi connectivity index (χ4n) is 4.64. The third-order valence-electron chi connectivity index (χ3n) is 5.92. The van der Waals surface area contributed by atoms with Gasteiger partial charge in [0, 0.05) is 19.1 Å². The van der Waals surface area contributed by atoms with Gasteiger partial charge in [-0.3, -0.25) is 0 Å². The Morgan fingerprint density at radius 3 is 2.62 bits per heavy atom. The van der Waals surface area contributed by atoms with E-state index in [9.17, 15) is 4.79 Å². The average molecular weight is 367 g/mol. The van der Waals surface area contributed by atoms with Crippen LogP contribution in [-0.2, 0) is 4.74 Å². The smallest absolute Gasteiger partial charge is 0.407 e. The molecule has 1 aliphatic carbocycles. The van der Waals surface area contributed by atoms with Crippen molar-refractivity contribution < 1.29 is 9.53 Å². The van der Waals surface area contributed by atoms with Gasteiger partial charge in [0.05, 0.1) is 0 Å². The highest BCUT2D eigenvalue weighted by atomic mass is 16.6. The summed E-state index contributed by atoms with van der Waals surface area (Å²) in [6, 6.07) is 0.277. The number of carbonyl (C=O) groups is 1. The lowest BCUT2D eigenvalue weighted by Gasteiger charge is -2.39. The molecule has 0 radical (unpaired) electrons. The van der Waals surface area contributed by atoms with Crippen LogP contribution in [-0.4, -0.2) is 42.3 Å². The Morgan fingerprint density at radius 2 is 1.88 bits per heavy atom. The molecule has 0 aromatic rings. The molecule has 2 aliphatic rings. The summed E-state index contributed by atoms with van der Waals surface area (Å²) in [5, 5.41) is 3.18. The zero-order valence-electron chi connectivity index (χ0n) is 17.7. The third-order valence-corrected chi connectivity index (χ3v) is 5.92. The molecule has 0 aromatic heterocycles.